The van der Waals surface area contributed by atoms with E-state index >= 15 is 8.78 Å². The number of nitrogens with zero attached hydrogens (tertiary/aromatic N) is 1. The summed E-state index contributed by atoms with van der Waals surface area (Å²) in [5, 5.41) is 12.2. The molecule has 0 aromatic heterocycles. The van der Waals surface area contributed by atoms with Gasteiger partial charge in [-0.05, 0) is 29.3 Å². The second-order valence-electron chi connectivity index (χ2n) is 8.68. The molecule has 1 unspecified atom stereocenters. The second kappa shape index (κ2) is 10.2. The zero-order valence-corrected chi connectivity index (χ0v) is 20.8. The fourth-order valence-electron chi connectivity index (χ4n) is 5.31. The van der Waals surface area contributed by atoms with Crippen LogP contribution < -0.4 is 20.7 Å². The molecule has 36 heavy (non-hydrogen) atoms. The zero-order valence-electron chi connectivity index (χ0n) is 19.2. The smallest absolute Gasteiger partial charge is 0.249 e. The number of aliphatic hydroxyl groups is 1. The monoisotopic (exact) mass is 535 g/mol. The fourth-order valence-corrected chi connectivity index (χ4v) is 5.57. The van der Waals surface area contributed by atoms with Crippen molar-refractivity contribution in [2.75, 3.05) is 37.7 Å². The van der Waals surface area contributed by atoms with Crippen molar-refractivity contribution in [3.05, 3.63) is 81.9 Å². The topological polar surface area (TPSA) is 87.8 Å². The number of anilines is 1. The quantitative estimate of drug-likeness (QED) is 0.443. The summed E-state index contributed by atoms with van der Waals surface area (Å²) >= 11 is 6.50. The number of carbonyl (C=O) groups is 1. The molecule has 3 aromatic carbocycles. The number of fused-ring (bicyclic) bond motifs is 3. The molecule has 1 saturated heterocycles. The first kappa shape index (κ1) is 26.2. The van der Waals surface area contributed by atoms with Crippen molar-refractivity contribution in [2.45, 2.75) is 12.0 Å². The van der Waals surface area contributed by atoms with Crippen molar-refractivity contribution in [3.8, 4) is 16.9 Å². The molecule has 3 aromatic rings. The fraction of sp³-hybridized carbons (Fsp3) is 0.269. The van der Waals surface area contributed by atoms with E-state index in [1.54, 1.807) is 0 Å². The predicted molar refractivity (Wildman–Crippen MR) is 137 cm³/mol. The Balaban J connectivity index is 0.00000304. The molecule has 0 spiro atoms. The molecule has 2 aliphatic rings. The summed E-state index contributed by atoms with van der Waals surface area (Å²) < 4.78 is 36.5. The minimum Gasteiger partial charge on any atom is -0.488 e. The molecule has 4 N–H and O–H groups in total. The van der Waals surface area contributed by atoms with Crippen LogP contribution in [-0.2, 0) is 12.0 Å². The summed E-state index contributed by atoms with van der Waals surface area (Å²) in [5.41, 5.74) is 7.07. The maximum atomic E-state index is 15.8. The van der Waals surface area contributed by atoms with Crippen molar-refractivity contribution in [2.24, 2.45) is 5.73 Å². The van der Waals surface area contributed by atoms with Gasteiger partial charge < -0.3 is 25.8 Å². The number of hydrogen-bond donors (Lipinski definition) is 3. The van der Waals surface area contributed by atoms with E-state index < -0.39 is 23.1 Å². The Morgan fingerprint density at radius 3 is 2.64 bits per heavy atom. The summed E-state index contributed by atoms with van der Waals surface area (Å²) in [5.74, 6) is -2.68. The first-order chi connectivity index (χ1) is 16.9. The molecule has 2 heterocycles. The van der Waals surface area contributed by atoms with Gasteiger partial charge in [0, 0.05) is 42.9 Å². The summed E-state index contributed by atoms with van der Waals surface area (Å²) in [6, 6.07) is 13.8. The number of halogens is 4. The number of benzene rings is 3. The Morgan fingerprint density at radius 2 is 1.94 bits per heavy atom. The number of primary amides is 1. The van der Waals surface area contributed by atoms with E-state index in [1.165, 1.54) is 18.2 Å². The van der Waals surface area contributed by atoms with Gasteiger partial charge in [-0.2, -0.15) is 0 Å². The van der Waals surface area contributed by atoms with Crippen LogP contribution in [0.1, 0.15) is 21.5 Å². The van der Waals surface area contributed by atoms with Crippen molar-refractivity contribution >= 4 is 35.6 Å². The van der Waals surface area contributed by atoms with Gasteiger partial charge in [-0.3, -0.25) is 4.79 Å². The van der Waals surface area contributed by atoms with Gasteiger partial charge in [0.25, 0.3) is 0 Å². The van der Waals surface area contributed by atoms with E-state index in [4.69, 9.17) is 27.2 Å². The maximum absolute atomic E-state index is 15.8. The zero-order chi connectivity index (χ0) is 24.7. The van der Waals surface area contributed by atoms with Crippen LogP contribution in [0.4, 0.5) is 14.5 Å². The van der Waals surface area contributed by atoms with Crippen molar-refractivity contribution in [1.29, 1.82) is 0 Å². The molecule has 0 aliphatic carbocycles. The van der Waals surface area contributed by atoms with Gasteiger partial charge in [0.2, 0.25) is 5.91 Å². The highest BCUT2D eigenvalue weighted by Crippen LogP contribution is 2.52. The minimum atomic E-state index is -0.888. The van der Waals surface area contributed by atoms with E-state index in [1.807, 2.05) is 30.3 Å². The molecule has 1 amide bonds. The second-order valence-corrected chi connectivity index (χ2v) is 9.06. The van der Waals surface area contributed by atoms with Crippen LogP contribution in [0.5, 0.6) is 5.75 Å². The van der Waals surface area contributed by atoms with Crippen LogP contribution in [-0.4, -0.2) is 43.9 Å². The van der Waals surface area contributed by atoms with Crippen LogP contribution >= 0.6 is 24.0 Å². The van der Waals surface area contributed by atoms with Crippen LogP contribution in [0.15, 0.2) is 48.5 Å². The van der Waals surface area contributed by atoms with Gasteiger partial charge in [-0.15, -0.1) is 12.4 Å². The predicted octanol–water partition coefficient (Wildman–Crippen LogP) is 4.04. The van der Waals surface area contributed by atoms with E-state index in [0.717, 1.165) is 5.56 Å². The number of carbonyl (C=O) groups excluding carboxylic acids is 1. The highest BCUT2D eigenvalue weighted by atomic mass is 35.5. The average Bonchev–Trinajstić information content (AvgIpc) is 3.20. The molecule has 0 bridgehead atoms. The SMILES string of the molecule is Cl.NC(=O)c1ccc(OCCO)c(F)c1-c1c(Cl)c(F)cc2c1CC1(c3ccccc3)CNCCN21. The number of hydrogen-bond acceptors (Lipinski definition) is 5. The van der Waals surface area contributed by atoms with Gasteiger partial charge in [-0.25, -0.2) is 8.78 Å². The summed E-state index contributed by atoms with van der Waals surface area (Å²) in [4.78, 5) is 14.5. The normalized spacial score (nSPS) is 18.3. The van der Waals surface area contributed by atoms with E-state index in [-0.39, 0.29) is 53.1 Å². The summed E-state index contributed by atoms with van der Waals surface area (Å²) in [6.45, 7) is 1.41. The molecule has 1 fully saturated rings. The lowest BCUT2D eigenvalue weighted by Crippen LogP contribution is -2.57. The van der Waals surface area contributed by atoms with Gasteiger partial charge in [0.15, 0.2) is 11.6 Å². The number of amides is 1. The van der Waals surface area contributed by atoms with Crippen LogP contribution in [0.3, 0.4) is 0 Å². The number of nitrogens with two attached hydrogens (primary N) is 1. The van der Waals surface area contributed by atoms with Crippen LogP contribution in [0.25, 0.3) is 11.1 Å². The van der Waals surface area contributed by atoms with Gasteiger partial charge >= 0.3 is 0 Å². The molecule has 5 rings (SSSR count). The lowest BCUT2D eigenvalue weighted by atomic mass is 9.83. The van der Waals surface area contributed by atoms with E-state index in [9.17, 15) is 4.79 Å². The molecular weight excluding hydrogens is 511 g/mol. The standard InChI is InChI=1S/C26H24ClF2N3O3.ClH/c27-23-18(28)12-19-17(13-26(14-31-8-9-32(19)26)15-4-2-1-3-5-15)21(23)22-16(25(30)34)6-7-20(24(22)29)35-11-10-33;/h1-7,12,31,33H,8-11,13-14H2,(H2,30,34);1H. The number of rotatable bonds is 6. The summed E-state index contributed by atoms with van der Waals surface area (Å²) in [7, 11) is 0. The van der Waals surface area contributed by atoms with Gasteiger partial charge in [0.1, 0.15) is 12.4 Å². The lowest BCUT2D eigenvalue weighted by Gasteiger charge is -2.45. The van der Waals surface area contributed by atoms with E-state index in [2.05, 4.69) is 10.2 Å². The number of piperazine rings is 1. The Labute approximate surface area is 218 Å². The highest BCUT2D eigenvalue weighted by molar-refractivity contribution is 6.34. The molecule has 0 radical (unpaired) electrons. The van der Waals surface area contributed by atoms with Crippen molar-refractivity contribution in [1.82, 2.24) is 5.32 Å². The Bertz CT molecular complexity index is 1310. The molecular formula is C26H25Cl2F2N3O3. The largest absolute Gasteiger partial charge is 0.488 e. The third-order valence-corrected chi connectivity index (χ3v) is 7.16. The molecule has 10 heteroatoms. The highest BCUT2D eigenvalue weighted by Gasteiger charge is 2.48. The number of nitrogens with one attached hydrogen (secondary N) is 1. The maximum Gasteiger partial charge on any atom is 0.249 e. The molecule has 2 aliphatic heterocycles. The molecule has 1 atom stereocenters. The molecule has 190 valence electrons. The Hall–Kier alpha value is -2.91. The summed E-state index contributed by atoms with van der Waals surface area (Å²) in [6.07, 6.45) is 0.411. The van der Waals surface area contributed by atoms with Gasteiger partial charge in [-0.1, -0.05) is 41.9 Å². The first-order valence-corrected chi connectivity index (χ1v) is 11.7. The Kier molecular flexibility index (Phi) is 7.43. The molecule has 0 saturated carbocycles. The lowest BCUT2D eigenvalue weighted by molar-refractivity contribution is 0.100. The minimum absolute atomic E-state index is 0. The average molecular weight is 536 g/mol. The van der Waals surface area contributed by atoms with Crippen LogP contribution in [0, 0.1) is 11.6 Å². The third-order valence-electron chi connectivity index (χ3n) is 6.79. The number of ether oxygens (including phenoxy) is 1. The Morgan fingerprint density at radius 1 is 1.19 bits per heavy atom. The van der Waals surface area contributed by atoms with Crippen molar-refractivity contribution in [3.63, 3.8) is 0 Å². The van der Waals surface area contributed by atoms with Gasteiger partial charge in [0.05, 0.1) is 22.7 Å². The molecule has 6 nitrogen and oxygen atoms in total. The van der Waals surface area contributed by atoms with E-state index in [0.29, 0.717) is 37.3 Å². The van der Waals surface area contributed by atoms with Crippen LogP contribution in [0.2, 0.25) is 5.02 Å². The van der Waals surface area contributed by atoms with Crippen molar-refractivity contribution < 1.29 is 23.4 Å². The number of aliphatic hydroxyl groups excluding tert-OH is 1. The first-order valence-electron chi connectivity index (χ1n) is 11.3. The third kappa shape index (κ3) is 4.08.